The lowest BCUT2D eigenvalue weighted by atomic mass is 10.2. The molecule has 0 atom stereocenters. The molecular formula is C21H20N6O2S. The lowest BCUT2D eigenvalue weighted by molar-refractivity contribution is 0.0949. The Bertz CT molecular complexity index is 1350. The first-order valence-electron chi connectivity index (χ1n) is 9.50. The number of benzene rings is 2. The Morgan fingerprint density at radius 2 is 1.90 bits per heavy atom. The van der Waals surface area contributed by atoms with Crippen molar-refractivity contribution in [2.45, 2.75) is 26.9 Å². The summed E-state index contributed by atoms with van der Waals surface area (Å²) in [5, 5.41) is 10.3. The van der Waals surface area contributed by atoms with Crippen LogP contribution in [0.5, 0.6) is 0 Å². The average molecular weight is 420 g/mol. The summed E-state index contributed by atoms with van der Waals surface area (Å²) in [5.74, 6) is 1.01. The number of aromatic amines is 1. The number of nitrogens with zero attached hydrogens (tertiary/aromatic N) is 4. The Balaban J connectivity index is 1.57. The summed E-state index contributed by atoms with van der Waals surface area (Å²) in [5.41, 5.74) is 1.66. The van der Waals surface area contributed by atoms with Crippen molar-refractivity contribution in [1.29, 1.82) is 0 Å². The molecule has 0 aliphatic rings. The second kappa shape index (κ2) is 8.03. The molecule has 9 heteroatoms. The molecule has 4 aromatic rings. The summed E-state index contributed by atoms with van der Waals surface area (Å²) in [6.07, 6.45) is 0. The standard InChI is InChI=1S/C21H20N6O2S/c1-3-26-18(24-25-21(26)30)12-22-19(28)14-8-10-15(11-9-14)27-13(2)23-17-7-5-4-6-16(17)20(27)29/h4-11H,3,12H2,1-2H3,(H,22,28)(H,25,30). The number of fused-ring (bicyclic) bond motifs is 1. The van der Waals surface area contributed by atoms with Crippen LogP contribution in [0.2, 0.25) is 0 Å². The van der Waals surface area contributed by atoms with Gasteiger partial charge >= 0.3 is 0 Å². The molecule has 0 aliphatic carbocycles. The van der Waals surface area contributed by atoms with Gasteiger partial charge in [-0.05, 0) is 62.5 Å². The number of amides is 1. The molecule has 1 amide bonds. The minimum Gasteiger partial charge on any atom is -0.345 e. The molecule has 4 rings (SSSR count). The van der Waals surface area contributed by atoms with Gasteiger partial charge in [0.15, 0.2) is 10.6 Å². The Morgan fingerprint density at radius 1 is 1.17 bits per heavy atom. The zero-order valence-corrected chi connectivity index (χ0v) is 17.4. The highest BCUT2D eigenvalue weighted by Crippen LogP contribution is 2.13. The molecule has 0 aliphatic heterocycles. The maximum Gasteiger partial charge on any atom is 0.265 e. The van der Waals surface area contributed by atoms with Gasteiger partial charge in [-0.1, -0.05) is 12.1 Å². The molecule has 0 saturated heterocycles. The fourth-order valence-corrected chi connectivity index (χ4v) is 3.66. The maximum absolute atomic E-state index is 12.9. The predicted molar refractivity (Wildman–Crippen MR) is 116 cm³/mol. The molecule has 0 saturated carbocycles. The minimum absolute atomic E-state index is 0.141. The van der Waals surface area contributed by atoms with Gasteiger partial charge in [0.25, 0.3) is 11.5 Å². The number of H-pyrrole nitrogens is 1. The quantitative estimate of drug-likeness (QED) is 0.484. The van der Waals surface area contributed by atoms with Gasteiger partial charge in [-0.25, -0.2) is 4.98 Å². The van der Waals surface area contributed by atoms with Gasteiger partial charge in [-0.3, -0.25) is 19.3 Å². The van der Waals surface area contributed by atoms with E-state index in [2.05, 4.69) is 20.5 Å². The van der Waals surface area contributed by atoms with Crippen molar-refractivity contribution in [2.75, 3.05) is 0 Å². The fourth-order valence-electron chi connectivity index (χ4n) is 3.38. The third-order valence-electron chi connectivity index (χ3n) is 4.89. The van der Waals surface area contributed by atoms with Crippen molar-refractivity contribution < 1.29 is 4.79 Å². The number of hydrogen-bond acceptors (Lipinski definition) is 5. The first kappa shape index (κ1) is 19.7. The fraction of sp³-hybridized carbons (Fsp3) is 0.190. The molecule has 0 bridgehead atoms. The Labute approximate surface area is 177 Å². The van der Waals surface area contributed by atoms with Crippen LogP contribution in [0.25, 0.3) is 16.6 Å². The molecular weight excluding hydrogens is 400 g/mol. The number of aromatic nitrogens is 5. The number of rotatable bonds is 5. The molecule has 2 aromatic heterocycles. The van der Waals surface area contributed by atoms with Gasteiger partial charge in [-0.15, -0.1) is 0 Å². The second-order valence-corrected chi connectivity index (χ2v) is 7.12. The number of para-hydroxylation sites is 1. The van der Waals surface area contributed by atoms with Crippen molar-refractivity contribution in [3.8, 4) is 5.69 Å². The van der Waals surface area contributed by atoms with Crippen LogP contribution >= 0.6 is 12.2 Å². The van der Waals surface area contributed by atoms with E-state index in [9.17, 15) is 9.59 Å². The first-order valence-corrected chi connectivity index (χ1v) is 9.91. The third-order valence-corrected chi connectivity index (χ3v) is 5.20. The topological polar surface area (TPSA) is 97.6 Å². The molecule has 2 aromatic carbocycles. The highest BCUT2D eigenvalue weighted by atomic mass is 32.1. The molecule has 0 spiro atoms. The number of carbonyl (C=O) groups excluding carboxylic acids is 1. The predicted octanol–water partition coefficient (Wildman–Crippen LogP) is 2.90. The van der Waals surface area contributed by atoms with Crippen LogP contribution in [0.15, 0.2) is 53.3 Å². The monoisotopic (exact) mass is 420 g/mol. The SMILES string of the molecule is CCn1c(CNC(=O)c2ccc(-n3c(C)nc4ccccc4c3=O)cc2)n[nH]c1=S. The van der Waals surface area contributed by atoms with E-state index in [0.717, 1.165) is 0 Å². The highest BCUT2D eigenvalue weighted by molar-refractivity contribution is 7.71. The van der Waals surface area contributed by atoms with E-state index < -0.39 is 0 Å². The Morgan fingerprint density at radius 3 is 2.63 bits per heavy atom. The number of aryl methyl sites for hydroxylation is 1. The van der Waals surface area contributed by atoms with Crippen LogP contribution in [-0.2, 0) is 13.1 Å². The van der Waals surface area contributed by atoms with Gasteiger partial charge in [-0.2, -0.15) is 5.10 Å². The minimum atomic E-state index is -0.237. The van der Waals surface area contributed by atoms with Crippen LogP contribution in [0.3, 0.4) is 0 Å². The van der Waals surface area contributed by atoms with E-state index in [-0.39, 0.29) is 18.0 Å². The summed E-state index contributed by atoms with van der Waals surface area (Å²) in [6, 6.07) is 14.1. The molecule has 2 N–H and O–H groups in total. The lowest BCUT2D eigenvalue weighted by Crippen LogP contribution is -2.25. The molecule has 152 valence electrons. The van der Waals surface area contributed by atoms with E-state index in [1.165, 1.54) is 0 Å². The molecule has 8 nitrogen and oxygen atoms in total. The number of hydrogen-bond donors (Lipinski definition) is 2. The largest absolute Gasteiger partial charge is 0.345 e. The van der Waals surface area contributed by atoms with Crippen molar-refractivity contribution >= 4 is 29.0 Å². The lowest BCUT2D eigenvalue weighted by Gasteiger charge is -2.11. The molecule has 30 heavy (non-hydrogen) atoms. The molecule has 0 unspecified atom stereocenters. The van der Waals surface area contributed by atoms with Crippen LogP contribution in [0.4, 0.5) is 0 Å². The molecule has 0 radical (unpaired) electrons. The maximum atomic E-state index is 12.9. The van der Waals surface area contributed by atoms with Gasteiger partial charge in [0.1, 0.15) is 5.82 Å². The van der Waals surface area contributed by atoms with Crippen molar-refractivity contribution in [3.05, 3.63) is 80.9 Å². The van der Waals surface area contributed by atoms with E-state index in [4.69, 9.17) is 12.2 Å². The van der Waals surface area contributed by atoms with E-state index in [1.807, 2.05) is 29.7 Å². The third kappa shape index (κ3) is 3.55. The Kier molecular flexibility index (Phi) is 5.28. The van der Waals surface area contributed by atoms with Crippen molar-refractivity contribution in [3.63, 3.8) is 0 Å². The second-order valence-electron chi connectivity index (χ2n) is 6.74. The highest BCUT2D eigenvalue weighted by Gasteiger charge is 2.12. The van der Waals surface area contributed by atoms with Crippen LogP contribution in [-0.4, -0.2) is 30.2 Å². The summed E-state index contributed by atoms with van der Waals surface area (Å²) in [4.78, 5) is 29.9. The summed E-state index contributed by atoms with van der Waals surface area (Å²) in [6.45, 7) is 4.67. The van der Waals surface area contributed by atoms with Crippen LogP contribution in [0, 0.1) is 11.7 Å². The van der Waals surface area contributed by atoms with Crippen LogP contribution in [0.1, 0.15) is 28.9 Å². The van der Waals surface area contributed by atoms with E-state index in [0.29, 0.717) is 45.1 Å². The van der Waals surface area contributed by atoms with Gasteiger partial charge in [0.05, 0.1) is 23.1 Å². The zero-order valence-electron chi connectivity index (χ0n) is 16.5. The van der Waals surface area contributed by atoms with Gasteiger partial charge in [0.2, 0.25) is 0 Å². The average Bonchev–Trinajstić information content (AvgIpc) is 3.12. The number of nitrogens with one attached hydrogen (secondary N) is 2. The van der Waals surface area contributed by atoms with E-state index in [1.54, 1.807) is 41.8 Å². The van der Waals surface area contributed by atoms with E-state index >= 15 is 0 Å². The normalized spacial score (nSPS) is 11.0. The number of carbonyl (C=O) groups is 1. The molecule has 2 heterocycles. The summed E-state index contributed by atoms with van der Waals surface area (Å²) < 4.78 is 3.89. The molecule has 0 fully saturated rings. The van der Waals surface area contributed by atoms with Crippen LogP contribution < -0.4 is 10.9 Å². The summed E-state index contributed by atoms with van der Waals surface area (Å²) >= 11 is 5.16. The van der Waals surface area contributed by atoms with Crippen molar-refractivity contribution in [2.24, 2.45) is 0 Å². The zero-order chi connectivity index (χ0) is 21.3. The van der Waals surface area contributed by atoms with Crippen molar-refractivity contribution in [1.82, 2.24) is 29.6 Å². The first-order chi connectivity index (χ1) is 14.5. The van der Waals surface area contributed by atoms with Gasteiger partial charge in [0, 0.05) is 12.1 Å². The smallest absolute Gasteiger partial charge is 0.265 e. The Hall–Kier alpha value is -3.59. The van der Waals surface area contributed by atoms with Gasteiger partial charge < -0.3 is 9.88 Å². The summed E-state index contributed by atoms with van der Waals surface area (Å²) in [7, 11) is 0.